The first-order valence-corrected chi connectivity index (χ1v) is 6.95. The summed E-state index contributed by atoms with van der Waals surface area (Å²) in [7, 11) is 0. The molecule has 0 spiro atoms. The van der Waals surface area contributed by atoms with Gasteiger partial charge >= 0.3 is 5.97 Å². The average molecular weight is 276 g/mol. The molecule has 1 aliphatic heterocycles. The highest BCUT2D eigenvalue weighted by molar-refractivity contribution is 5.84. The predicted octanol–water partition coefficient (Wildman–Crippen LogP) is 0.986. The molecule has 108 valence electrons. The van der Waals surface area contributed by atoms with Crippen molar-refractivity contribution in [3.8, 4) is 0 Å². The Morgan fingerprint density at radius 1 is 1.25 bits per heavy atom. The zero-order valence-corrected chi connectivity index (χ0v) is 11.6. The first-order valence-electron chi connectivity index (χ1n) is 6.95. The van der Waals surface area contributed by atoms with Gasteiger partial charge in [0.1, 0.15) is 6.04 Å². The molecule has 1 heterocycles. The molecule has 5 nitrogen and oxygen atoms in total. The molecule has 2 rings (SSSR count). The van der Waals surface area contributed by atoms with Crippen LogP contribution in [0.2, 0.25) is 0 Å². The molecule has 0 unspecified atom stereocenters. The average Bonchev–Trinajstić information content (AvgIpc) is 2.96. The van der Waals surface area contributed by atoms with Gasteiger partial charge in [0, 0.05) is 6.54 Å². The maximum Gasteiger partial charge on any atom is 0.323 e. The lowest BCUT2D eigenvalue weighted by Crippen LogP contribution is -2.45. The Morgan fingerprint density at radius 3 is 2.65 bits per heavy atom. The van der Waals surface area contributed by atoms with Gasteiger partial charge in [0.2, 0.25) is 5.91 Å². The predicted molar refractivity (Wildman–Crippen MR) is 74.9 cm³/mol. The minimum absolute atomic E-state index is 0.0688. The van der Waals surface area contributed by atoms with E-state index in [1.165, 1.54) is 0 Å². The molecule has 1 saturated heterocycles. The van der Waals surface area contributed by atoms with Crippen LogP contribution in [-0.4, -0.2) is 30.6 Å². The Labute approximate surface area is 118 Å². The first kappa shape index (κ1) is 14.5. The number of esters is 1. The largest absolute Gasteiger partial charge is 0.465 e. The van der Waals surface area contributed by atoms with E-state index >= 15 is 0 Å². The van der Waals surface area contributed by atoms with Crippen LogP contribution in [0, 0.1) is 0 Å². The Kier molecular flexibility index (Phi) is 5.12. The van der Waals surface area contributed by atoms with Gasteiger partial charge in [-0.2, -0.15) is 0 Å². The van der Waals surface area contributed by atoms with E-state index in [0.717, 1.165) is 5.56 Å². The van der Waals surface area contributed by atoms with Gasteiger partial charge in [-0.25, -0.2) is 0 Å². The molecule has 0 aliphatic carbocycles. The van der Waals surface area contributed by atoms with E-state index in [4.69, 9.17) is 4.74 Å². The van der Waals surface area contributed by atoms with Crippen LogP contribution in [0.4, 0.5) is 0 Å². The molecule has 0 aromatic heterocycles. The number of amides is 1. The lowest BCUT2D eigenvalue weighted by atomic mass is 10.2. The lowest BCUT2D eigenvalue weighted by molar-refractivity contribution is -0.145. The van der Waals surface area contributed by atoms with E-state index in [1.54, 1.807) is 6.92 Å². The van der Waals surface area contributed by atoms with E-state index in [2.05, 4.69) is 10.6 Å². The van der Waals surface area contributed by atoms with E-state index in [9.17, 15) is 9.59 Å². The number of rotatable bonds is 5. The van der Waals surface area contributed by atoms with Crippen LogP contribution in [0.3, 0.4) is 0 Å². The second-order valence-corrected chi connectivity index (χ2v) is 4.80. The highest BCUT2D eigenvalue weighted by Crippen LogP contribution is 2.14. The summed E-state index contributed by atoms with van der Waals surface area (Å²) in [4.78, 5) is 23.6. The molecule has 2 N–H and O–H groups in total. The van der Waals surface area contributed by atoms with Crippen molar-refractivity contribution in [1.29, 1.82) is 0 Å². The highest BCUT2D eigenvalue weighted by Gasteiger charge is 2.33. The molecular weight excluding hydrogens is 256 g/mol. The van der Waals surface area contributed by atoms with Crippen LogP contribution in [0.5, 0.6) is 0 Å². The summed E-state index contributed by atoms with van der Waals surface area (Å²) in [5.41, 5.74) is 1.06. The number of ether oxygens (including phenoxy) is 1. The third-order valence-corrected chi connectivity index (χ3v) is 3.34. The van der Waals surface area contributed by atoms with Gasteiger partial charge in [0.25, 0.3) is 0 Å². The highest BCUT2D eigenvalue weighted by atomic mass is 16.5. The number of nitrogens with one attached hydrogen (secondary N) is 2. The summed E-state index contributed by atoms with van der Waals surface area (Å²) >= 11 is 0. The molecule has 0 radical (unpaired) electrons. The van der Waals surface area contributed by atoms with Crippen molar-refractivity contribution >= 4 is 11.9 Å². The second kappa shape index (κ2) is 7.05. The van der Waals surface area contributed by atoms with Gasteiger partial charge in [-0.1, -0.05) is 30.3 Å². The molecule has 1 fully saturated rings. The lowest BCUT2D eigenvalue weighted by Gasteiger charge is -2.13. The van der Waals surface area contributed by atoms with Crippen molar-refractivity contribution in [3.63, 3.8) is 0 Å². The van der Waals surface area contributed by atoms with Gasteiger partial charge in [-0.3, -0.25) is 14.9 Å². The van der Waals surface area contributed by atoms with Gasteiger partial charge in [0.15, 0.2) is 0 Å². The third-order valence-electron chi connectivity index (χ3n) is 3.34. The zero-order valence-electron chi connectivity index (χ0n) is 11.6. The number of carbonyl (C=O) groups is 2. The smallest absolute Gasteiger partial charge is 0.323 e. The van der Waals surface area contributed by atoms with Crippen LogP contribution in [0.15, 0.2) is 30.3 Å². The molecule has 0 bridgehead atoms. The van der Waals surface area contributed by atoms with Gasteiger partial charge in [-0.05, 0) is 25.3 Å². The monoisotopic (exact) mass is 276 g/mol. The minimum Gasteiger partial charge on any atom is -0.465 e. The molecule has 5 heteroatoms. The Balaban J connectivity index is 1.78. The number of benzene rings is 1. The second-order valence-electron chi connectivity index (χ2n) is 4.80. The van der Waals surface area contributed by atoms with Crippen molar-refractivity contribution in [1.82, 2.24) is 10.6 Å². The van der Waals surface area contributed by atoms with Crippen LogP contribution < -0.4 is 10.6 Å². The summed E-state index contributed by atoms with van der Waals surface area (Å²) in [6.45, 7) is 2.64. The fraction of sp³-hybridized carbons (Fsp3) is 0.467. The molecule has 2 atom stereocenters. The van der Waals surface area contributed by atoms with Crippen molar-refractivity contribution < 1.29 is 14.3 Å². The van der Waals surface area contributed by atoms with E-state index in [-0.39, 0.29) is 24.0 Å². The maximum atomic E-state index is 12.0. The van der Waals surface area contributed by atoms with Crippen LogP contribution in [0.25, 0.3) is 0 Å². The summed E-state index contributed by atoms with van der Waals surface area (Å²) in [6.07, 6.45) is 1.30. The SMILES string of the molecule is CCOC(=O)[C@H]1CC[C@@H](C(=O)NCc2ccccc2)N1. The van der Waals surface area contributed by atoms with Gasteiger partial charge in [0.05, 0.1) is 12.6 Å². The fourth-order valence-electron chi connectivity index (χ4n) is 2.29. The van der Waals surface area contributed by atoms with Crippen molar-refractivity contribution in [2.45, 2.75) is 38.4 Å². The molecular formula is C15H20N2O3. The first-order chi connectivity index (χ1) is 9.70. The molecule has 1 aliphatic rings. The third kappa shape index (κ3) is 3.81. The number of hydrogen-bond donors (Lipinski definition) is 2. The topological polar surface area (TPSA) is 67.4 Å². The Bertz CT molecular complexity index is 461. The zero-order chi connectivity index (χ0) is 14.4. The Morgan fingerprint density at radius 2 is 1.95 bits per heavy atom. The summed E-state index contributed by atoms with van der Waals surface area (Å²) in [5.74, 6) is -0.341. The van der Waals surface area contributed by atoms with Crippen LogP contribution in [0.1, 0.15) is 25.3 Å². The normalized spacial score (nSPS) is 21.4. The van der Waals surface area contributed by atoms with Crippen LogP contribution >= 0.6 is 0 Å². The van der Waals surface area contributed by atoms with Gasteiger partial charge < -0.3 is 10.1 Å². The molecule has 1 aromatic rings. The molecule has 1 amide bonds. The Hall–Kier alpha value is -1.88. The van der Waals surface area contributed by atoms with E-state index in [1.807, 2.05) is 30.3 Å². The summed E-state index contributed by atoms with van der Waals surface area (Å²) in [5, 5.41) is 5.90. The fourth-order valence-corrected chi connectivity index (χ4v) is 2.29. The van der Waals surface area contributed by atoms with Crippen molar-refractivity contribution in [3.05, 3.63) is 35.9 Å². The summed E-state index contributed by atoms with van der Waals surface area (Å²) < 4.78 is 4.95. The van der Waals surface area contributed by atoms with Crippen molar-refractivity contribution in [2.75, 3.05) is 6.61 Å². The van der Waals surface area contributed by atoms with Crippen molar-refractivity contribution in [2.24, 2.45) is 0 Å². The van der Waals surface area contributed by atoms with Gasteiger partial charge in [-0.15, -0.1) is 0 Å². The minimum atomic E-state index is -0.359. The number of carbonyl (C=O) groups excluding carboxylic acids is 2. The molecule has 0 saturated carbocycles. The molecule has 20 heavy (non-hydrogen) atoms. The van der Waals surface area contributed by atoms with Crippen LogP contribution in [-0.2, 0) is 20.9 Å². The number of hydrogen-bond acceptors (Lipinski definition) is 4. The molecule has 1 aromatic carbocycles. The standard InChI is InChI=1S/C15H20N2O3/c1-2-20-15(19)13-9-8-12(17-13)14(18)16-10-11-6-4-3-5-7-11/h3-7,12-13,17H,2,8-10H2,1H3,(H,16,18)/t12-,13+/m0/s1. The quantitative estimate of drug-likeness (QED) is 0.787. The van der Waals surface area contributed by atoms with E-state index in [0.29, 0.717) is 26.0 Å². The maximum absolute atomic E-state index is 12.0. The summed E-state index contributed by atoms with van der Waals surface area (Å²) in [6, 6.07) is 9.06. The van der Waals surface area contributed by atoms with E-state index < -0.39 is 0 Å².